The average Bonchev–Trinajstić information content (AvgIpc) is 3.21. The largest absolute Gasteiger partial charge is 0.404 e. The quantitative estimate of drug-likeness (QED) is 0.451. The van der Waals surface area contributed by atoms with E-state index in [-0.39, 0.29) is 35.1 Å². The van der Waals surface area contributed by atoms with Gasteiger partial charge in [0.2, 0.25) is 11.9 Å². The van der Waals surface area contributed by atoms with Gasteiger partial charge in [-0.3, -0.25) is 10.1 Å². The van der Waals surface area contributed by atoms with E-state index < -0.39 is 4.92 Å². The molecule has 1 N–H and O–H groups in total. The van der Waals surface area contributed by atoms with Crippen LogP contribution in [0.4, 0.5) is 11.8 Å². The number of nitrogens with zero attached hydrogens (tertiary/aromatic N) is 6. The molecule has 0 unspecified atom stereocenters. The standard InChI is InChI=1S/C16H16BrN7O3/c1-11-4-2-3-5-12(11)8-23-10-18-16(21-23)19-14(25)6-7-22-9-13(17)15(20-22)24(26)27/h2-5,9-10H,6-8H2,1H3,(H,19,21,25). The zero-order valence-corrected chi connectivity index (χ0v) is 16.0. The number of halogens is 1. The van der Waals surface area contributed by atoms with Gasteiger partial charge in [0, 0.05) is 6.42 Å². The van der Waals surface area contributed by atoms with E-state index in [0.29, 0.717) is 6.54 Å². The molecule has 2 aromatic heterocycles. The first-order chi connectivity index (χ1) is 12.9. The maximum Gasteiger partial charge on any atom is 0.404 e. The van der Waals surface area contributed by atoms with Crippen LogP contribution in [-0.2, 0) is 17.9 Å². The van der Waals surface area contributed by atoms with Crippen molar-refractivity contribution in [3.63, 3.8) is 0 Å². The van der Waals surface area contributed by atoms with Gasteiger partial charge < -0.3 is 10.1 Å². The Kier molecular flexibility index (Phi) is 5.60. The van der Waals surface area contributed by atoms with Gasteiger partial charge >= 0.3 is 5.82 Å². The Morgan fingerprint density at radius 2 is 2.07 bits per heavy atom. The number of anilines is 1. The summed E-state index contributed by atoms with van der Waals surface area (Å²) in [5, 5.41) is 21.4. The van der Waals surface area contributed by atoms with Gasteiger partial charge in [0.05, 0.1) is 24.4 Å². The Hall–Kier alpha value is -3.08. The highest BCUT2D eigenvalue weighted by Gasteiger charge is 2.19. The van der Waals surface area contributed by atoms with Gasteiger partial charge in [-0.2, -0.15) is 4.68 Å². The molecule has 10 nitrogen and oxygen atoms in total. The summed E-state index contributed by atoms with van der Waals surface area (Å²) in [7, 11) is 0. The van der Waals surface area contributed by atoms with Crippen LogP contribution < -0.4 is 5.32 Å². The number of rotatable bonds is 7. The van der Waals surface area contributed by atoms with Gasteiger partial charge in [0.15, 0.2) is 0 Å². The van der Waals surface area contributed by atoms with Crippen molar-refractivity contribution >= 4 is 33.6 Å². The fourth-order valence-electron chi connectivity index (χ4n) is 2.42. The fourth-order valence-corrected chi connectivity index (χ4v) is 2.88. The lowest BCUT2D eigenvalue weighted by Crippen LogP contribution is -2.16. The summed E-state index contributed by atoms with van der Waals surface area (Å²) in [4.78, 5) is 26.3. The molecule has 0 fully saturated rings. The number of benzene rings is 1. The first-order valence-corrected chi connectivity index (χ1v) is 8.83. The number of aryl methyl sites for hydroxylation is 2. The SMILES string of the molecule is Cc1ccccc1Cn1cnc(NC(=O)CCn2cc(Br)c([N+](=O)[O-])n2)n1. The van der Waals surface area contributed by atoms with Crippen LogP contribution >= 0.6 is 15.9 Å². The highest BCUT2D eigenvalue weighted by Crippen LogP contribution is 2.22. The molecule has 3 aromatic rings. The molecule has 2 heterocycles. The predicted octanol–water partition coefficient (Wildman–Crippen LogP) is 2.53. The topological polar surface area (TPSA) is 121 Å². The number of hydrogen-bond donors (Lipinski definition) is 1. The van der Waals surface area contributed by atoms with E-state index in [2.05, 4.69) is 36.4 Å². The monoisotopic (exact) mass is 433 g/mol. The molecular formula is C16H16BrN7O3. The second-order valence-electron chi connectivity index (χ2n) is 5.81. The van der Waals surface area contributed by atoms with E-state index in [1.807, 2.05) is 31.2 Å². The lowest BCUT2D eigenvalue weighted by Gasteiger charge is -2.04. The third-order valence-electron chi connectivity index (χ3n) is 3.82. The average molecular weight is 434 g/mol. The van der Waals surface area contributed by atoms with E-state index in [9.17, 15) is 14.9 Å². The highest BCUT2D eigenvalue weighted by atomic mass is 79.9. The summed E-state index contributed by atoms with van der Waals surface area (Å²) in [6.07, 6.45) is 3.09. The molecule has 27 heavy (non-hydrogen) atoms. The van der Waals surface area contributed by atoms with Crippen molar-refractivity contribution in [2.75, 3.05) is 5.32 Å². The molecule has 0 atom stereocenters. The summed E-state index contributed by atoms with van der Waals surface area (Å²) in [5.74, 6) is -0.383. The van der Waals surface area contributed by atoms with Crippen LogP contribution in [0.2, 0.25) is 0 Å². The molecule has 140 valence electrons. The number of carbonyl (C=O) groups is 1. The summed E-state index contributed by atoms with van der Waals surface area (Å²) in [5.41, 5.74) is 2.27. The first-order valence-electron chi connectivity index (χ1n) is 8.03. The van der Waals surface area contributed by atoms with Crippen molar-refractivity contribution in [2.24, 2.45) is 0 Å². The third kappa shape index (κ3) is 4.76. The maximum atomic E-state index is 12.0. The van der Waals surface area contributed by atoms with Crippen LogP contribution in [-0.4, -0.2) is 35.4 Å². The summed E-state index contributed by atoms with van der Waals surface area (Å²) >= 11 is 3.07. The first kappa shape index (κ1) is 18.7. The Morgan fingerprint density at radius 1 is 1.30 bits per heavy atom. The minimum absolute atomic E-state index is 0.0810. The van der Waals surface area contributed by atoms with E-state index in [4.69, 9.17) is 0 Å². The van der Waals surface area contributed by atoms with Gasteiger partial charge in [0.25, 0.3) is 0 Å². The summed E-state index contributed by atoms with van der Waals surface area (Å²) < 4.78 is 3.25. The smallest absolute Gasteiger partial charge is 0.358 e. The van der Waals surface area contributed by atoms with Crippen molar-refractivity contribution in [1.82, 2.24) is 24.5 Å². The number of aromatic nitrogens is 5. The Labute approximate surface area is 162 Å². The summed E-state index contributed by atoms with van der Waals surface area (Å²) in [6, 6.07) is 7.96. The fraction of sp³-hybridized carbons (Fsp3) is 0.250. The van der Waals surface area contributed by atoms with Crippen molar-refractivity contribution in [3.05, 3.63) is 62.5 Å². The normalized spacial score (nSPS) is 10.7. The molecule has 0 bridgehead atoms. The minimum atomic E-state index is -0.592. The number of amides is 1. The zero-order chi connectivity index (χ0) is 19.4. The molecule has 11 heteroatoms. The van der Waals surface area contributed by atoms with Crippen LogP contribution in [0.3, 0.4) is 0 Å². The van der Waals surface area contributed by atoms with Crippen LogP contribution in [0.5, 0.6) is 0 Å². The summed E-state index contributed by atoms with van der Waals surface area (Å²) in [6.45, 7) is 2.77. The van der Waals surface area contributed by atoms with E-state index in [1.54, 1.807) is 11.0 Å². The molecule has 1 aromatic carbocycles. The van der Waals surface area contributed by atoms with Gasteiger partial charge in [-0.1, -0.05) is 24.3 Å². The lowest BCUT2D eigenvalue weighted by atomic mass is 10.1. The predicted molar refractivity (Wildman–Crippen MR) is 100 cm³/mol. The van der Waals surface area contributed by atoms with Gasteiger partial charge in [-0.15, -0.1) is 5.10 Å². The van der Waals surface area contributed by atoms with E-state index >= 15 is 0 Å². The number of nitro groups is 1. The van der Waals surface area contributed by atoms with Crippen molar-refractivity contribution in [3.8, 4) is 0 Å². The molecule has 0 aliphatic heterocycles. The number of hydrogen-bond acceptors (Lipinski definition) is 6. The second kappa shape index (κ2) is 8.08. The molecule has 0 aliphatic carbocycles. The van der Waals surface area contributed by atoms with Crippen molar-refractivity contribution in [2.45, 2.75) is 26.4 Å². The van der Waals surface area contributed by atoms with Gasteiger partial charge in [-0.05, 0) is 38.9 Å². The van der Waals surface area contributed by atoms with Crippen LogP contribution in [0.15, 0.2) is 41.3 Å². The van der Waals surface area contributed by atoms with E-state index in [1.165, 1.54) is 10.9 Å². The Bertz CT molecular complexity index is 982. The van der Waals surface area contributed by atoms with E-state index in [0.717, 1.165) is 11.1 Å². The minimum Gasteiger partial charge on any atom is -0.358 e. The molecule has 0 spiro atoms. The van der Waals surface area contributed by atoms with Crippen molar-refractivity contribution < 1.29 is 9.72 Å². The molecule has 3 rings (SSSR count). The molecule has 0 aliphatic rings. The lowest BCUT2D eigenvalue weighted by molar-refractivity contribution is -0.390. The zero-order valence-electron chi connectivity index (χ0n) is 14.4. The Morgan fingerprint density at radius 3 is 2.78 bits per heavy atom. The van der Waals surface area contributed by atoms with Crippen molar-refractivity contribution in [1.29, 1.82) is 0 Å². The molecule has 0 saturated heterocycles. The molecule has 0 saturated carbocycles. The highest BCUT2D eigenvalue weighted by molar-refractivity contribution is 9.10. The van der Waals surface area contributed by atoms with Gasteiger partial charge in [0.1, 0.15) is 10.8 Å². The molecular weight excluding hydrogens is 418 g/mol. The Balaban J connectivity index is 1.54. The maximum absolute atomic E-state index is 12.0. The third-order valence-corrected chi connectivity index (χ3v) is 4.38. The van der Waals surface area contributed by atoms with Crippen LogP contribution in [0.25, 0.3) is 0 Å². The van der Waals surface area contributed by atoms with Crippen LogP contribution in [0.1, 0.15) is 17.5 Å². The molecule has 0 radical (unpaired) electrons. The number of carbonyl (C=O) groups excluding carboxylic acids is 1. The van der Waals surface area contributed by atoms with Gasteiger partial charge in [-0.25, -0.2) is 9.67 Å². The second-order valence-corrected chi connectivity index (χ2v) is 6.67. The van der Waals surface area contributed by atoms with Crippen LogP contribution in [0, 0.1) is 17.0 Å². The molecule has 1 amide bonds. The number of nitrogens with one attached hydrogen (secondary N) is 1.